The Kier molecular flexibility index (Phi) is 3.94. The molecule has 22 heavy (non-hydrogen) atoms. The molecule has 5 nitrogen and oxygen atoms in total. The van der Waals surface area contributed by atoms with Crippen LogP contribution in [0.3, 0.4) is 0 Å². The van der Waals surface area contributed by atoms with Crippen LogP contribution in [0.5, 0.6) is 0 Å². The summed E-state index contributed by atoms with van der Waals surface area (Å²) in [7, 11) is 0. The van der Waals surface area contributed by atoms with Gasteiger partial charge in [0.2, 0.25) is 5.91 Å². The van der Waals surface area contributed by atoms with Crippen LogP contribution in [0.25, 0.3) is 0 Å². The van der Waals surface area contributed by atoms with Gasteiger partial charge in [-0.2, -0.15) is 0 Å². The largest absolute Gasteiger partial charge is 0.272 e. The number of halogens is 1. The standard InChI is InChI=1S/C16H14BrN3O2/c17-13-5-1-4-12(9-13)16(6-7-16)15(22)20-19-14(21)11-3-2-8-18-10-11/h1-5,8-10H,6-7H2,(H,19,21)(H,20,22). The Balaban J connectivity index is 1.66. The zero-order valence-electron chi connectivity index (χ0n) is 11.7. The van der Waals surface area contributed by atoms with E-state index in [2.05, 4.69) is 31.8 Å². The maximum absolute atomic E-state index is 12.4. The van der Waals surface area contributed by atoms with Crippen molar-refractivity contribution in [3.05, 3.63) is 64.4 Å². The van der Waals surface area contributed by atoms with Crippen LogP contribution < -0.4 is 10.9 Å². The molecule has 1 aromatic carbocycles. The zero-order valence-corrected chi connectivity index (χ0v) is 13.3. The highest BCUT2D eigenvalue weighted by Crippen LogP contribution is 2.48. The summed E-state index contributed by atoms with van der Waals surface area (Å²) in [5, 5.41) is 0. The second-order valence-corrected chi connectivity index (χ2v) is 6.16. The van der Waals surface area contributed by atoms with Crippen LogP contribution in [-0.2, 0) is 10.2 Å². The number of rotatable bonds is 3. The van der Waals surface area contributed by atoms with Gasteiger partial charge < -0.3 is 0 Å². The van der Waals surface area contributed by atoms with Gasteiger partial charge in [-0.05, 0) is 42.7 Å². The SMILES string of the molecule is O=C(NNC(=O)C1(c2cccc(Br)c2)CC1)c1cccnc1. The molecule has 112 valence electrons. The molecule has 0 saturated heterocycles. The normalized spacial score (nSPS) is 15.0. The number of hydrogen-bond acceptors (Lipinski definition) is 3. The highest BCUT2D eigenvalue weighted by molar-refractivity contribution is 9.10. The van der Waals surface area contributed by atoms with Crippen molar-refractivity contribution in [2.45, 2.75) is 18.3 Å². The van der Waals surface area contributed by atoms with Crippen LogP contribution >= 0.6 is 15.9 Å². The predicted octanol–water partition coefficient (Wildman–Crippen LogP) is 2.34. The second kappa shape index (κ2) is 5.88. The summed E-state index contributed by atoms with van der Waals surface area (Å²) >= 11 is 3.42. The summed E-state index contributed by atoms with van der Waals surface area (Å²) in [5.74, 6) is -0.575. The van der Waals surface area contributed by atoms with Crippen LogP contribution in [0.15, 0.2) is 53.3 Å². The fourth-order valence-corrected chi connectivity index (χ4v) is 2.76. The lowest BCUT2D eigenvalue weighted by Crippen LogP contribution is -2.46. The molecule has 0 bridgehead atoms. The lowest BCUT2D eigenvalue weighted by molar-refractivity contribution is -0.124. The number of hydrogen-bond donors (Lipinski definition) is 2. The second-order valence-electron chi connectivity index (χ2n) is 5.24. The first kappa shape index (κ1) is 14.7. The maximum atomic E-state index is 12.4. The Hall–Kier alpha value is -2.21. The van der Waals surface area contributed by atoms with E-state index in [1.165, 1.54) is 6.20 Å². The van der Waals surface area contributed by atoms with E-state index in [0.29, 0.717) is 5.56 Å². The molecular weight excluding hydrogens is 346 g/mol. The van der Waals surface area contributed by atoms with Gasteiger partial charge in [0.15, 0.2) is 0 Å². The third-order valence-corrected chi connectivity index (χ3v) is 4.27. The summed E-state index contributed by atoms with van der Waals surface area (Å²) in [6.07, 6.45) is 4.58. The summed E-state index contributed by atoms with van der Waals surface area (Å²) < 4.78 is 0.934. The molecule has 1 heterocycles. The molecule has 1 saturated carbocycles. The summed E-state index contributed by atoms with van der Waals surface area (Å²) in [6.45, 7) is 0. The minimum atomic E-state index is -0.536. The summed E-state index contributed by atoms with van der Waals surface area (Å²) in [5.41, 5.74) is 5.78. The number of aromatic nitrogens is 1. The molecule has 2 N–H and O–H groups in total. The number of amides is 2. The Bertz CT molecular complexity index is 714. The van der Waals surface area contributed by atoms with Crippen molar-refractivity contribution in [3.63, 3.8) is 0 Å². The minimum Gasteiger partial charge on any atom is -0.272 e. The summed E-state index contributed by atoms with van der Waals surface area (Å²) in [4.78, 5) is 28.2. The molecule has 2 aromatic rings. The molecule has 3 rings (SSSR count). The first-order valence-electron chi connectivity index (χ1n) is 6.89. The number of benzene rings is 1. The van der Waals surface area contributed by atoms with Crippen LogP contribution in [0.4, 0.5) is 0 Å². The number of hydrazine groups is 1. The molecule has 1 aliphatic carbocycles. The van der Waals surface area contributed by atoms with Gasteiger partial charge in [0.1, 0.15) is 0 Å². The molecule has 0 radical (unpaired) electrons. The average molecular weight is 360 g/mol. The minimum absolute atomic E-state index is 0.192. The van der Waals surface area contributed by atoms with Gasteiger partial charge in [-0.3, -0.25) is 25.4 Å². The van der Waals surface area contributed by atoms with E-state index in [1.54, 1.807) is 18.3 Å². The molecule has 2 amide bonds. The first-order valence-corrected chi connectivity index (χ1v) is 7.68. The lowest BCUT2D eigenvalue weighted by atomic mass is 9.95. The summed E-state index contributed by atoms with van der Waals surface area (Å²) in [6, 6.07) is 11.0. The van der Waals surface area contributed by atoms with Crippen molar-refractivity contribution < 1.29 is 9.59 Å². The number of pyridine rings is 1. The average Bonchev–Trinajstić information content (AvgIpc) is 3.35. The van der Waals surface area contributed by atoms with Gasteiger partial charge in [-0.15, -0.1) is 0 Å². The molecule has 1 aromatic heterocycles. The van der Waals surface area contributed by atoms with E-state index in [4.69, 9.17) is 0 Å². The molecule has 1 fully saturated rings. The fraction of sp³-hybridized carbons (Fsp3) is 0.188. The maximum Gasteiger partial charge on any atom is 0.271 e. The van der Waals surface area contributed by atoms with Crippen molar-refractivity contribution in [2.75, 3.05) is 0 Å². The lowest BCUT2D eigenvalue weighted by Gasteiger charge is -2.16. The van der Waals surface area contributed by atoms with Crippen LogP contribution in [0.1, 0.15) is 28.8 Å². The number of nitrogens with one attached hydrogen (secondary N) is 2. The molecule has 0 spiro atoms. The van der Waals surface area contributed by atoms with Gasteiger partial charge in [0.25, 0.3) is 5.91 Å². The van der Waals surface area contributed by atoms with Crippen molar-refractivity contribution in [1.82, 2.24) is 15.8 Å². The number of nitrogens with zero attached hydrogens (tertiary/aromatic N) is 1. The van der Waals surface area contributed by atoms with E-state index >= 15 is 0 Å². The first-order chi connectivity index (χ1) is 10.6. The van der Waals surface area contributed by atoms with Gasteiger partial charge in [0.05, 0.1) is 11.0 Å². The zero-order chi connectivity index (χ0) is 15.6. The molecular formula is C16H14BrN3O2. The predicted molar refractivity (Wildman–Crippen MR) is 84.9 cm³/mol. The fourth-order valence-electron chi connectivity index (χ4n) is 2.36. The number of carbonyl (C=O) groups excluding carboxylic acids is 2. The molecule has 0 aliphatic heterocycles. The monoisotopic (exact) mass is 359 g/mol. The van der Waals surface area contributed by atoms with Gasteiger partial charge in [0, 0.05) is 16.9 Å². The van der Waals surface area contributed by atoms with E-state index in [1.807, 2.05) is 24.3 Å². The van der Waals surface area contributed by atoms with Crippen LogP contribution in [0.2, 0.25) is 0 Å². The van der Waals surface area contributed by atoms with Crippen LogP contribution in [0, 0.1) is 0 Å². The molecule has 0 atom stereocenters. The molecule has 1 aliphatic rings. The van der Waals surface area contributed by atoms with Crippen molar-refractivity contribution in [1.29, 1.82) is 0 Å². The molecule has 0 unspecified atom stereocenters. The number of carbonyl (C=O) groups is 2. The quantitative estimate of drug-likeness (QED) is 0.826. The highest BCUT2D eigenvalue weighted by atomic mass is 79.9. The van der Waals surface area contributed by atoms with Gasteiger partial charge in [-0.1, -0.05) is 28.1 Å². The van der Waals surface area contributed by atoms with Crippen molar-refractivity contribution in [3.8, 4) is 0 Å². The van der Waals surface area contributed by atoms with E-state index in [-0.39, 0.29) is 11.8 Å². The van der Waals surface area contributed by atoms with E-state index < -0.39 is 5.41 Å². The smallest absolute Gasteiger partial charge is 0.271 e. The van der Waals surface area contributed by atoms with E-state index in [0.717, 1.165) is 22.9 Å². The van der Waals surface area contributed by atoms with Crippen LogP contribution in [-0.4, -0.2) is 16.8 Å². The van der Waals surface area contributed by atoms with E-state index in [9.17, 15) is 9.59 Å². The third-order valence-electron chi connectivity index (χ3n) is 3.78. The van der Waals surface area contributed by atoms with Gasteiger partial charge >= 0.3 is 0 Å². The topological polar surface area (TPSA) is 71.1 Å². The van der Waals surface area contributed by atoms with Crippen molar-refractivity contribution in [2.24, 2.45) is 0 Å². The van der Waals surface area contributed by atoms with Gasteiger partial charge in [-0.25, -0.2) is 0 Å². The Morgan fingerprint density at radius 2 is 1.95 bits per heavy atom. The Morgan fingerprint density at radius 3 is 2.59 bits per heavy atom. The highest BCUT2D eigenvalue weighted by Gasteiger charge is 2.51. The Labute approximate surface area is 136 Å². The Morgan fingerprint density at radius 1 is 1.14 bits per heavy atom. The molecule has 6 heteroatoms. The third kappa shape index (κ3) is 2.87. The van der Waals surface area contributed by atoms with Crippen molar-refractivity contribution >= 4 is 27.7 Å².